The van der Waals surface area contributed by atoms with Crippen LogP contribution in [-0.2, 0) is 6.54 Å². The molecule has 0 atom stereocenters. The minimum absolute atomic E-state index is 0.279. The second-order valence-corrected chi connectivity index (χ2v) is 5.50. The molecular weight excluding hydrogens is 330 g/mol. The highest BCUT2D eigenvalue weighted by Gasteiger charge is 2.16. The molecule has 2 rings (SSSR count). The number of aryl methyl sites for hydroxylation is 1. The van der Waals surface area contributed by atoms with E-state index in [0.717, 1.165) is 21.3 Å². The van der Waals surface area contributed by atoms with Crippen molar-refractivity contribution < 1.29 is 9.90 Å². The van der Waals surface area contributed by atoms with Crippen molar-refractivity contribution in [3.05, 3.63) is 45.0 Å². The number of benzene rings is 1. The number of halogens is 2. The van der Waals surface area contributed by atoms with Crippen LogP contribution in [-0.4, -0.2) is 15.6 Å². The number of carbonyl (C=O) groups is 1. The highest BCUT2D eigenvalue weighted by atomic mass is 79.9. The fraction of sp³-hybridized carbons (Fsp3) is 0.214. The van der Waals surface area contributed by atoms with Crippen LogP contribution in [0.3, 0.4) is 0 Å². The molecule has 0 aliphatic carbocycles. The average molecular weight is 343 g/mol. The summed E-state index contributed by atoms with van der Waals surface area (Å²) in [6.45, 7) is 4.43. The van der Waals surface area contributed by atoms with E-state index in [4.69, 9.17) is 16.7 Å². The van der Waals surface area contributed by atoms with Crippen molar-refractivity contribution >= 4 is 33.5 Å². The van der Waals surface area contributed by atoms with Crippen molar-refractivity contribution in [2.75, 3.05) is 0 Å². The predicted octanol–water partition coefficient (Wildman–Crippen LogP) is 4.60. The normalized spacial score (nSPS) is 10.7. The smallest absolute Gasteiger partial charge is 0.352 e. The highest BCUT2D eigenvalue weighted by molar-refractivity contribution is 9.10. The molecule has 0 unspecified atom stereocenters. The summed E-state index contributed by atoms with van der Waals surface area (Å²) in [5, 5.41) is 9.83. The van der Waals surface area contributed by atoms with Crippen LogP contribution < -0.4 is 0 Å². The number of carboxylic acid groups (broad SMARTS) is 1. The van der Waals surface area contributed by atoms with E-state index >= 15 is 0 Å². The Morgan fingerprint density at radius 1 is 1.42 bits per heavy atom. The van der Waals surface area contributed by atoms with Gasteiger partial charge in [-0.1, -0.05) is 27.5 Å². The van der Waals surface area contributed by atoms with Gasteiger partial charge in [0, 0.05) is 27.3 Å². The first-order valence-electron chi connectivity index (χ1n) is 5.84. The molecule has 0 aliphatic rings. The van der Waals surface area contributed by atoms with Gasteiger partial charge in [-0.25, -0.2) is 4.79 Å². The molecule has 1 aromatic heterocycles. The maximum absolute atomic E-state index is 11.2. The first-order chi connectivity index (χ1) is 8.95. The van der Waals surface area contributed by atoms with Gasteiger partial charge in [-0.2, -0.15) is 0 Å². The SMILES string of the molecule is CCn1c(C(=O)O)ccc1-c1cc(Cl)c(C)cc1Br. The summed E-state index contributed by atoms with van der Waals surface area (Å²) in [6.07, 6.45) is 0. The molecule has 0 amide bonds. The molecule has 5 heteroatoms. The number of aromatic carboxylic acids is 1. The summed E-state index contributed by atoms with van der Waals surface area (Å²) in [7, 11) is 0. The second-order valence-electron chi connectivity index (χ2n) is 4.23. The lowest BCUT2D eigenvalue weighted by atomic mass is 10.1. The maximum atomic E-state index is 11.2. The van der Waals surface area contributed by atoms with Gasteiger partial charge in [-0.05, 0) is 43.7 Å². The lowest BCUT2D eigenvalue weighted by Gasteiger charge is -2.12. The van der Waals surface area contributed by atoms with Crippen LogP contribution in [0.4, 0.5) is 0 Å². The molecule has 1 heterocycles. The van der Waals surface area contributed by atoms with Crippen LogP contribution in [0.25, 0.3) is 11.3 Å². The maximum Gasteiger partial charge on any atom is 0.352 e. The Kier molecular flexibility index (Phi) is 4.02. The quantitative estimate of drug-likeness (QED) is 0.886. The van der Waals surface area contributed by atoms with Crippen LogP contribution in [0.15, 0.2) is 28.7 Å². The Hall–Kier alpha value is -1.26. The third-order valence-corrected chi connectivity index (χ3v) is 4.10. The van der Waals surface area contributed by atoms with Gasteiger partial charge in [0.15, 0.2) is 0 Å². The highest BCUT2D eigenvalue weighted by Crippen LogP contribution is 2.34. The minimum atomic E-state index is -0.928. The molecular formula is C14H13BrClNO2. The van der Waals surface area contributed by atoms with Crippen LogP contribution in [0.5, 0.6) is 0 Å². The summed E-state index contributed by atoms with van der Waals surface area (Å²) in [5.74, 6) is -0.928. The van der Waals surface area contributed by atoms with Gasteiger partial charge in [0.05, 0.1) is 0 Å². The summed E-state index contributed by atoms with van der Waals surface area (Å²) in [4.78, 5) is 11.2. The molecule has 100 valence electrons. The van der Waals surface area contributed by atoms with Crippen molar-refractivity contribution in [2.24, 2.45) is 0 Å². The molecule has 0 spiro atoms. The molecule has 0 saturated heterocycles. The number of hydrogen-bond acceptors (Lipinski definition) is 1. The zero-order chi connectivity index (χ0) is 14.2. The third-order valence-electron chi connectivity index (χ3n) is 3.04. The van der Waals surface area contributed by atoms with E-state index in [-0.39, 0.29) is 5.69 Å². The largest absolute Gasteiger partial charge is 0.477 e. The molecule has 0 radical (unpaired) electrons. The molecule has 0 aliphatic heterocycles. The number of aromatic nitrogens is 1. The lowest BCUT2D eigenvalue weighted by molar-refractivity contribution is 0.0685. The summed E-state index contributed by atoms with van der Waals surface area (Å²) in [5.41, 5.74) is 2.99. The van der Waals surface area contributed by atoms with Crippen molar-refractivity contribution in [1.29, 1.82) is 0 Å². The Morgan fingerprint density at radius 2 is 2.11 bits per heavy atom. The molecule has 0 saturated carbocycles. The van der Waals surface area contributed by atoms with Crippen molar-refractivity contribution in [2.45, 2.75) is 20.4 Å². The topological polar surface area (TPSA) is 42.2 Å². The molecule has 1 N–H and O–H groups in total. The number of rotatable bonds is 3. The van der Waals surface area contributed by atoms with E-state index in [1.54, 1.807) is 16.7 Å². The van der Waals surface area contributed by atoms with Gasteiger partial charge < -0.3 is 9.67 Å². The van der Waals surface area contributed by atoms with Crippen LogP contribution in [0.2, 0.25) is 5.02 Å². The summed E-state index contributed by atoms with van der Waals surface area (Å²) in [6, 6.07) is 7.21. The van der Waals surface area contributed by atoms with Gasteiger partial charge >= 0.3 is 5.97 Å². The zero-order valence-electron chi connectivity index (χ0n) is 10.6. The Labute approximate surface area is 124 Å². The Balaban J connectivity index is 2.66. The van der Waals surface area contributed by atoms with E-state index in [1.807, 2.05) is 26.0 Å². The summed E-state index contributed by atoms with van der Waals surface area (Å²) >= 11 is 9.66. The molecule has 1 aromatic carbocycles. The number of hydrogen-bond donors (Lipinski definition) is 1. The first-order valence-corrected chi connectivity index (χ1v) is 7.01. The monoisotopic (exact) mass is 341 g/mol. The van der Waals surface area contributed by atoms with Crippen LogP contribution in [0.1, 0.15) is 23.0 Å². The molecule has 0 bridgehead atoms. The first kappa shape index (κ1) is 14.2. The van der Waals surface area contributed by atoms with E-state index in [0.29, 0.717) is 11.6 Å². The predicted molar refractivity (Wildman–Crippen MR) is 79.9 cm³/mol. The van der Waals surface area contributed by atoms with Gasteiger partial charge in [0.2, 0.25) is 0 Å². The van der Waals surface area contributed by atoms with E-state index < -0.39 is 5.97 Å². The Morgan fingerprint density at radius 3 is 2.68 bits per heavy atom. The zero-order valence-corrected chi connectivity index (χ0v) is 12.9. The van der Waals surface area contributed by atoms with Gasteiger partial charge in [-0.15, -0.1) is 0 Å². The van der Waals surface area contributed by atoms with Crippen molar-refractivity contribution in [3.63, 3.8) is 0 Å². The van der Waals surface area contributed by atoms with Crippen LogP contribution in [0, 0.1) is 6.92 Å². The van der Waals surface area contributed by atoms with E-state index in [2.05, 4.69) is 15.9 Å². The van der Waals surface area contributed by atoms with Gasteiger partial charge in [-0.3, -0.25) is 0 Å². The summed E-state index contributed by atoms with van der Waals surface area (Å²) < 4.78 is 2.66. The van der Waals surface area contributed by atoms with Crippen molar-refractivity contribution in [1.82, 2.24) is 4.57 Å². The van der Waals surface area contributed by atoms with Crippen LogP contribution >= 0.6 is 27.5 Å². The molecule has 3 nitrogen and oxygen atoms in total. The average Bonchev–Trinajstić information content (AvgIpc) is 2.77. The molecule has 0 fully saturated rings. The van der Waals surface area contributed by atoms with Gasteiger partial charge in [0.1, 0.15) is 5.69 Å². The third kappa shape index (κ3) is 2.55. The minimum Gasteiger partial charge on any atom is -0.477 e. The fourth-order valence-electron chi connectivity index (χ4n) is 2.07. The van der Waals surface area contributed by atoms with Gasteiger partial charge in [0.25, 0.3) is 0 Å². The van der Waals surface area contributed by atoms with E-state index in [1.165, 1.54) is 0 Å². The van der Waals surface area contributed by atoms with E-state index in [9.17, 15) is 4.79 Å². The number of carboxylic acids is 1. The lowest BCUT2D eigenvalue weighted by Crippen LogP contribution is -2.08. The molecule has 19 heavy (non-hydrogen) atoms. The standard InChI is InChI=1S/C14H13BrClNO2/c1-3-17-12(4-5-13(17)14(18)19)9-7-11(16)8(2)6-10(9)15/h4-7H,3H2,1-2H3,(H,18,19). The fourth-order valence-corrected chi connectivity index (χ4v) is 2.90. The molecule has 2 aromatic rings. The van der Waals surface area contributed by atoms with Crippen molar-refractivity contribution in [3.8, 4) is 11.3 Å². The Bertz CT molecular complexity index is 649. The number of nitrogens with zero attached hydrogens (tertiary/aromatic N) is 1. The second kappa shape index (κ2) is 5.39.